The van der Waals surface area contributed by atoms with E-state index in [9.17, 15) is 19.5 Å². The Labute approximate surface area is 147 Å². The van der Waals surface area contributed by atoms with Crippen LogP contribution in [0.5, 0.6) is 5.75 Å². The molecule has 0 bridgehead atoms. The average molecular weight is 356 g/mol. The summed E-state index contributed by atoms with van der Waals surface area (Å²) in [5, 5.41) is 10.6. The van der Waals surface area contributed by atoms with Gasteiger partial charge in [-0.25, -0.2) is 4.79 Å². The van der Waals surface area contributed by atoms with Gasteiger partial charge in [0.05, 0.1) is 30.7 Å². The molecular weight excluding hydrogens is 340 g/mol. The monoisotopic (exact) mass is 356 g/mol. The lowest BCUT2D eigenvalue weighted by atomic mass is 9.89. The van der Waals surface area contributed by atoms with E-state index in [1.54, 1.807) is 24.3 Å². The summed E-state index contributed by atoms with van der Waals surface area (Å²) in [6.07, 6.45) is 0.859. The lowest BCUT2D eigenvalue weighted by Gasteiger charge is -2.16. The number of ether oxygens (including phenoxy) is 1. The first-order valence-electron chi connectivity index (χ1n) is 7.83. The van der Waals surface area contributed by atoms with Crippen molar-refractivity contribution in [2.24, 2.45) is 0 Å². The Morgan fingerprint density at radius 1 is 1.27 bits per heavy atom. The van der Waals surface area contributed by atoms with Crippen LogP contribution in [-0.2, 0) is 9.53 Å². The second-order valence-electron chi connectivity index (χ2n) is 5.79. The fraction of sp³-hybridized carbons (Fsp3) is 0.211. The molecule has 0 radical (unpaired) electrons. The quantitative estimate of drug-likeness (QED) is 0.716. The normalized spacial score (nSPS) is 12.1. The lowest BCUT2D eigenvalue weighted by Crippen LogP contribution is -2.23. The molecule has 7 heteroatoms. The number of carbonyl (C=O) groups is 1. The molecule has 2 aromatic heterocycles. The topological polar surface area (TPSA) is 107 Å². The van der Waals surface area contributed by atoms with Gasteiger partial charge in [0.25, 0.3) is 0 Å². The summed E-state index contributed by atoms with van der Waals surface area (Å²) >= 11 is 0. The molecule has 0 aliphatic rings. The van der Waals surface area contributed by atoms with Gasteiger partial charge in [-0.2, -0.15) is 0 Å². The molecule has 1 atom stereocenters. The zero-order valence-corrected chi connectivity index (χ0v) is 14.1. The van der Waals surface area contributed by atoms with Crippen LogP contribution in [0.1, 0.15) is 29.2 Å². The maximum Gasteiger partial charge on any atom is 0.343 e. The summed E-state index contributed by atoms with van der Waals surface area (Å²) in [5.41, 5.74) is -0.994. The van der Waals surface area contributed by atoms with Crippen molar-refractivity contribution >= 4 is 16.9 Å². The number of para-hydroxylation sites is 1. The van der Waals surface area contributed by atoms with E-state index in [1.807, 2.05) is 0 Å². The second kappa shape index (κ2) is 6.87. The van der Waals surface area contributed by atoms with Crippen molar-refractivity contribution < 1.29 is 23.5 Å². The number of rotatable bonds is 4. The van der Waals surface area contributed by atoms with E-state index in [0.29, 0.717) is 11.0 Å². The van der Waals surface area contributed by atoms with Gasteiger partial charge in [0, 0.05) is 17.5 Å². The van der Waals surface area contributed by atoms with Crippen LogP contribution in [0.3, 0.4) is 0 Å². The van der Waals surface area contributed by atoms with Crippen molar-refractivity contribution in [3.05, 3.63) is 74.1 Å². The van der Waals surface area contributed by atoms with Crippen LogP contribution >= 0.6 is 0 Å². The van der Waals surface area contributed by atoms with E-state index in [4.69, 9.17) is 8.83 Å². The summed E-state index contributed by atoms with van der Waals surface area (Å²) < 4.78 is 15.2. The number of carbonyl (C=O) groups excluding carboxylic acids is 1. The number of esters is 1. The lowest BCUT2D eigenvalue weighted by molar-refractivity contribution is -0.140. The first kappa shape index (κ1) is 17.5. The highest BCUT2D eigenvalue weighted by Gasteiger charge is 2.29. The molecule has 26 heavy (non-hydrogen) atoms. The molecule has 0 aliphatic heterocycles. The molecule has 0 saturated heterocycles. The van der Waals surface area contributed by atoms with Crippen molar-refractivity contribution in [1.29, 1.82) is 0 Å². The van der Waals surface area contributed by atoms with Gasteiger partial charge in [-0.3, -0.25) is 9.59 Å². The number of fused-ring (bicyclic) bond motifs is 1. The molecule has 0 fully saturated rings. The number of aromatic hydroxyl groups is 1. The van der Waals surface area contributed by atoms with Crippen LogP contribution in [-0.4, -0.2) is 18.2 Å². The summed E-state index contributed by atoms with van der Waals surface area (Å²) in [4.78, 5) is 37.0. The van der Waals surface area contributed by atoms with Gasteiger partial charge in [-0.15, -0.1) is 0 Å². The zero-order chi connectivity index (χ0) is 18.8. The Balaban J connectivity index is 2.27. The largest absolute Gasteiger partial charge is 0.507 e. The third kappa shape index (κ3) is 3.11. The van der Waals surface area contributed by atoms with E-state index in [1.165, 1.54) is 26.4 Å². The van der Waals surface area contributed by atoms with Gasteiger partial charge in [-0.05, 0) is 19.1 Å². The molecule has 0 aliphatic carbocycles. The van der Waals surface area contributed by atoms with Crippen LogP contribution in [0, 0.1) is 6.92 Å². The van der Waals surface area contributed by atoms with Crippen LogP contribution in [0.4, 0.5) is 0 Å². The Bertz CT molecular complexity index is 1090. The Morgan fingerprint density at radius 2 is 2.00 bits per heavy atom. The number of benzene rings is 1. The molecule has 0 spiro atoms. The van der Waals surface area contributed by atoms with Crippen molar-refractivity contribution in [3.63, 3.8) is 0 Å². The van der Waals surface area contributed by atoms with Gasteiger partial charge in [-0.1, -0.05) is 12.1 Å². The van der Waals surface area contributed by atoms with Crippen LogP contribution in [0.2, 0.25) is 0 Å². The fourth-order valence-corrected chi connectivity index (χ4v) is 2.88. The van der Waals surface area contributed by atoms with E-state index < -0.39 is 22.9 Å². The minimum atomic E-state index is -1.07. The molecule has 3 rings (SSSR count). The van der Waals surface area contributed by atoms with Gasteiger partial charge >= 0.3 is 11.6 Å². The fourth-order valence-electron chi connectivity index (χ4n) is 2.88. The molecule has 1 aromatic carbocycles. The second-order valence-corrected chi connectivity index (χ2v) is 5.79. The Hall–Kier alpha value is -3.35. The number of aryl methyl sites for hydroxylation is 1. The van der Waals surface area contributed by atoms with E-state index in [2.05, 4.69) is 4.74 Å². The minimum Gasteiger partial charge on any atom is -0.507 e. The van der Waals surface area contributed by atoms with Crippen LogP contribution in [0.15, 0.2) is 55.0 Å². The highest BCUT2D eigenvalue weighted by Crippen LogP contribution is 2.31. The zero-order valence-electron chi connectivity index (χ0n) is 14.1. The molecule has 3 aromatic rings. The molecule has 134 valence electrons. The third-order valence-electron chi connectivity index (χ3n) is 4.12. The molecule has 2 heterocycles. The highest BCUT2D eigenvalue weighted by atomic mass is 16.5. The molecule has 1 unspecified atom stereocenters. The number of methoxy groups -OCH3 is 1. The SMILES string of the molecule is COC(=O)CC(c1c(O)cc(C)oc1=O)c1coc2ccccc2c1=O. The molecule has 0 amide bonds. The Morgan fingerprint density at radius 3 is 2.69 bits per heavy atom. The summed E-state index contributed by atoms with van der Waals surface area (Å²) in [6, 6.07) is 7.86. The summed E-state index contributed by atoms with van der Waals surface area (Å²) in [7, 11) is 1.19. The van der Waals surface area contributed by atoms with Gasteiger partial charge in [0.15, 0.2) is 5.43 Å². The minimum absolute atomic E-state index is 0.0561. The van der Waals surface area contributed by atoms with E-state index in [-0.39, 0.29) is 29.1 Å². The summed E-state index contributed by atoms with van der Waals surface area (Å²) in [6.45, 7) is 1.50. The van der Waals surface area contributed by atoms with Crippen LogP contribution < -0.4 is 11.1 Å². The third-order valence-corrected chi connectivity index (χ3v) is 4.12. The maximum absolute atomic E-state index is 12.9. The smallest absolute Gasteiger partial charge is 0.343 e. The molecule has 7 nitrogen and oxygen atoms in total. The van der Waals surface area contributed by atoms with E-state index in [0.717, 1.165) is 0 Å². The molecule has 1 N–H and O–H groups in total. The standard InChI is InChI=1S/C19H16O7/c1-10-7-14(20)17(19(23)26-10)12(8-16(21)24-2)13-9-25-15-6-4-3-5-11(15)18(13)22/h3-7,9,12,20H,8H2,1-2H3. The number of hydrogen-bond donors (Lipinski definition) is 1. The predicted molar refractivity (Wildman–Crippen MR) is 92.3 cm³/mol. The highest BCUT2D eigenvalue weighted by molar-refractivity contribution is 5.77. The van der Waals surface area contributed by atoms with Crippen molar-refractivity contribution in [3.8, 4) is 5.75 Å². The van der Waals surface area contributed by atoms with Gasteiger partial charge in [0.1, 0.15) is 17.1 Å². The van der Waals surface area contributed by atoms with Crippen molar-refractivity contribution in [2.45, 2.75) is 19.3 Å². The van der Waals surface area contributed by atoms with Gasteiger partial charge < -0.3 is 18.7 Å². The van der Waals surface area contributed by atoms with Crippen molar-refractivity contribution in [1.82, 2.24) is 0 Å². The average Bonchev–Trinajstić information content (AvgIpc) is 2.60. The predicted octanol–water partition coefficient (Wildman–Crippen LogP) is 2.46. The first-order valence-corrected chi connectivity index (χ1v) is 7.83. The number of hydrogen-bond acceptors (Lipinski definition) is 7. The maximum atomic E-state index is 12.9. The molecule has 0 saturated carbocycles. The van der Waals surface area contributed by atoms with Crippen LogP contribution in [0.25, 0.3) is 11.0 Å². The molecular formula is C19H16O7. The summed E-state index contributed by atoms with van der Waals surface area (Å²) in [5.74, 6) is -1.87. The first-order chi connectivity index (χ1) is 12.4. The van der Waals surface area contributed by atoms with E-state index >= 15 is 0 Å². The van der Waals surface area contributed by atoms with Crippen molar-refractivity contribution in [2.75, 3.05) is 7.11 Å². The Kier molecular flexibility index (Phi) is 4.62. The van der Waals surface area contributed by atoms with Gasteiger partial charge in [0.2, 0.25) is 0 Å².